The number of carbonyl (C=O) groups is 1. The summed E-state index contributed by atoms with van der Waals surface area (Å²) in [6.45, 7) is 2.68. The first-order chi connectivity index (χ1) is 4.18. The van der Waals surface area contributed by atoms with Gasteiger partial charge in [0.2, 0.25) is 5.91 Å². The molecule has 1 amide bonds. The monoisotopic (exact) mass is 130 g/mol. The van der Waals surface area contributed by atoms with Gasteiger partial charge in [0.15, 0.2) is 0 Å². The summed E-state index contributed by atoms with van der Waals surface area (Å²) in [5.74, 6) is -0.220. The molecule has 0 radical (unpaired) electrons. The lowest BCUT2D eigenvalue weighted by Gasteiger charge is -2.04. The predicted octanol–water partition coefficient (Wildman–Crippen LogP) is -0.283. The standard InChI is InChI=1S/C6H14N2O/c1-5(6(7)9)3-4-8-2/h5,8H,3-4H2,1-2H3,(H2,7,9). The lowest BCUT2D eigenvalue weighted by Crippen LogP contribution is -2.23. The van der Waals surface area contributed by atoms with Crippen molar-refractivity contribution in [2.75, 3.05) is 13.6 Å². The Morgan fingerprint density at radius 3 is 2.67 bits per heavy atom. The molecule has 3 nitrogen and oxygen atoms in total. The van der Waals surface area contributed by atoms with E-state index < -0.39 is 0 Å². The molecule has 0 aliphatic heterocycles. The third-order valence-corrected chi connectivity index (χ3v) is 1.31. The summed E-state index contributed by atoms with van der Waals surface area (Å²) in [6.07, 6.45) is 0.825. The zero-order valence-corrected chi connectivity index (χ0v) is 5.98. The molecular weight excluding hydrogens is 116 g/mol. The van der Waals surface area contributed by atoms with Crippen LogP contribution in [0.15, 0.2) is 0 Å². The Balaban J connectivity index is 3.27. The highest BCUT2D eigenvalue weighted by Crippen LogP contribution is 1.96. The molecule has 0 saturated heterocycles. The first-order valence-corrected chi connectivity index (χ1v) is 3.12. The van der Waals surface area contributed by atoms with Crippen molar-refractivity contribution in [3.63, 3.8) is 0 Å². The van der Waals surface area contributed by atoms with Gasteiger partial charge in [-0.1, -0.05) is 6.92 Å². The van der Waals surface area contributed by atoms with Crippen LogP contribution in [0.4, 0.5) is 0 Å². The molecule has 0 bridgehead atoms. The molecule has 0 spiro atoms. The van der Waals surface area contributed by atoms with Gasteiger partial charge in [0.25, 0.3) is 0 Å². The van der Waals surface area contributed by atoms with Crippen LogP contribution in [0.3, 0.4) is 0 Å². The average Bonchev–Trinajstić information content (AvgIpc) is 1.82. The molecule has 0 aliphatic rings. The lowest BCUT2D eigenvalue weighted by atomic mass is 10.1. The van der Waals surface area contributed by atoms with E-state index in [1.807, 2.05) is 14.0 Å². The summed E-state index contributed by atoms with van der Waals surface area (Å²) < 4.78 is 0. The second-order valence-corrected chi connectivity index (χ2v) is 2.20. The van der Waals surface area contributed by atoms with Crippen molar-refractivity contribution >= 4 is 5.91 Å². The fraction of sp³-hybridized carbons (Fsp3) is 0.833. The maximum Gasteiger partial charge on any atom is 0.220 e. The highest BCUT2D eigenvalue weighted by Gasteiger charge is 2.05. The molecule has 9 heavy (non-hydrogen) atoms. The molecule has 0 aromatic carbocycles. The summed E-state index contributed by atoms with van der Waals surface area (Å²) in [7, 11) is 1.85. The molecule has 1 unspecified atom stereocenters. The SMILES string of the molecule is CNCCC(C)C(N)=O. The van der Waals surface area contributed by atoms with Crippen LogP contribution in [0, 0.1) is 5.92 Å². The number of hydrogen-bond acceptors (Lipinski definition) is 2. The van der Waals surface area contributed by atoms with E-state index in [1.165, 1.54) is 0 Å². The van der Waals surface area contributed by atoms with Crippen molar-refractivity contribution in [1.29, 1.82) is 0 Å². The van der Waals surface area contributed by atoms with Crippen LogP contribution in [0.5, 0.6) is 0 Å². The first-order valence-electron chi connectivity index (χ1n) is 3.12. The Bertz CT molecular complexity index is 93.1. The maximum absolute atomic E-state index is 10.4. The number of carbonyl (C=O) groups excluding carboxylic acids is 1. The zero-order chi connectivity index (χ0) is 7.28. The summed E-state index contributed by atoms with van der Waals surface area (Å²) in [5.41, 5.74) is 5.01. The molecule has 0 aromatic rings. The Hall–Kier alpha value is -0.570. The fourth-order valence-corrected chi connectivity index (χ4v) is 0.503. The molecule has 0 rings (SSSR count). The molecule has 0 saturated carbocycles. The highest BCUT2D eigenvalue weighted by atomic mass is 16.1. The van der Waals surface area contributed by atoms with Gasteiger partial charge in [-0.3, -0.25) is 4.79 Å². The minimum atomic E-state index is -0.217. The first kappa shape index (κ1) is 8.43. The predicted molar refractivity (Wildman–Crippen MR) is 36.9 cm³/mol. The van der Waals surface area contributed by atoms with Crippen molar-refractivity contribution < 1.29 is 4.79 Å². The van der Waals surface area contributed by atoms with Crippen molar-refractivity contribution in [2.45, 2.75) is 13.3 Å². The lowest BCUT2D eigenvalue weighted by molar-refractivity contribution is -0.121. The van der Waals surface area contributed by atoms with Crippen LogP contribution >= 0.6 is 0 Å². The zero-order valence-electron chi connectivity index (χ0n) is 5.98. The van der Waals surface area contributed by atoms with Crippen LogP contribution in [0.2, 0.25) is 0 Å². The van der Waals surface area contributed by atoms with Gasteiger partial charge in [-0.2, -0.15) is 0 Å². The van der Waals surface area contributed by atoms with Crippen LogP contribution in [-0.2, 0) is 4.79 Å². The third kappa shape index (κ3) is 3.97. The summed E-state index contributed by atoms with van der Waals surface area (Å²) >= 11 is 0. The van der Waals surface area contributed by atoms with E-state index in [2.05, 4.69) is 5.32 Å². The number of rotatable bonds is 4. The van der Waals surface area contributed by atoms with E-state index in [0.29, 0.717) is 0 Å². The number of nitrogens with one attached hydrogen (secondary N) is 1. The molecule has 0 fully saturated rings. The van der Waals surface area contributed by atoms with Gasteiger partial charge >= 0.3 is 0 Å². The van der Waals surface area contributed by atoms with Crippen molar-refractivity contribution in [3.8, 4) is 0 Å². The number of amides is 1. The quantitative estimate of drug-likeness (QED) is 0.549. The number of primary amides is 1. The van der Waals surface area contributed by atoms with E-state index in [9.17, 15) is 4.79 Å². The van der Waals surface area contributed by atoms with Gasteiger partial charge in [-0.25, -0.2) is 0 Å². The minimum Gasteiger partial charge on any atom is -0.369 e. The summed E-state index contributed by atoms with van der Waals surface area (Å²) in [4.78, 5) is 10.4. The van der Waals surface area contributed by atoms with Gasteiger partial charge in [0, 0.05) is 5.92 Å². The molecular formula is C6H14N2O. The molecule has 0 aliphatic carbocycles. The normalized spacial score (nSPS) is 13.1. The average molecular weight is 130 g/mol. The topological polar surface area (TPSA) is 55.1 Å². The van der Waals surface area contributed by atoms with Gasteiger partial charge in [-0.15, -0.1) is 0 Å². The van der Waals surface area contributed by atoms with E-state index in [0.717, 1.165) is 13.0 Å². The number of nitrogens with two attached hydrogens (primary N) is 1. The Morgan fingerprint density at radius 2 is 2.33 bits per heavy atom. The van der Waals surface area contributed by atoms with Crippen LogP contribution in [0.1, 0.15) is 13.3 Å². The van der Waals surface area contributed by atoms with Crippen LogP contribution < -0.4 is 11.1 Å². The smallest absolute Gasteiger partial charge is 0.220 e. The van der Waals surface area contributed by atoms with Gasteiger partial charge in [0.05, 0.1) is 0 Å². The fourth-order valence-electron chi connectivity index (χ4n) is 0.503. The third-order valence-electron chi connectivity index (χ3n) is 1.31. The van der Waals surface area contributed by atoms with Gasteiger partial charge < -0.3 is 11.1 Å². The molecule has 3 heteroatoms. The Kier molecular flexibility index (Phi) is 4.05. The van der Waals surface area contributed by atoms with Crippen molar-refractivity contribution in [3.05, 3.63) is 0 Å². The van der Waals surface area contributed by atoms with E-state index >= 15 is 0 Å². The van der Waals surface area contributed by atoms with E-state index in [-0.39, 0.29) is 11.8 Å². The summed E-state index contributed by atoms with van der Waals surface area (Å²) in [5, 5.41) is 2.95. The molecule has 0 heterocycles. The van der Waals surface area contributed by atoms with Gasteiger partial charge in [-0.05, 0) is 20.0 Å². The van der Waals surface area contributed by atoms with Crippen molar-refractivity contribution in [1.82, 2.24) is 5.32 Å². The molecule has 1 atom stereocenters. The van der Waals surface area contributed by atoms with Crippen LogP contribution in [0.25, 0.3) is 0 Å². The van der Waals surface area contributed by atoms with Crippen molar-refractivity contribution in [2.24, 2.45) is 11.7 Å². The molecule has 54 valence electrons. The van der Waals surface area contributed by atoms with Gasteiger partial charge in [0.1, 0.15) is 0 Å². The molecule has 3 N–H and O–H groups in total. The second kappa shape index (κ2) is 4.32. The van der Waals surface area contributed by atoms with E-state index in [1.54, 1.807) is 0 Å². The maximum atomic E-state index is 10.4. The highest BCUT2D eigenvalue weighted by molar-refractivity contribution is 5.76. The minimum absolute atomic E-state index is 0.00236. The Labute approximate surface area is 55.6 Å². The summed E-state index contributed by atoms with van der Waals surface area (Å²) in [6, 6.07) is 0. The Morgan fingerprint density at radius 1 is 1.78 bits per heavy atom. The van der Waals surface area contributed by atoms with Crippen LogP contribution in [-0.4, -0.2) is 19.5 Å². The molecule has 0 aromatic heterocycles. The van der Waals surface area contributed by atoms with E-state index in [4.69, 9.17) is 5.73 Å². The number of hydrogen-bond donors (Lipinski definition) is 2. The second-order valence-electron chi connectivity index (χ2n) is 2.20. The largest absolute Gasteiger partial charge is 0.369 e.